The van der Waals surface area contributed by atoms with Crippen molar-refractivity contribution in [3.63, 3.8) is 0 Å². The minimum absolute atomic E-state index is 0.0401. The van der Waals surface area contributed by atoms with Crippen molar-refractivity contribution in [1.29, 1.82) is 0 Å². The molecule has 2 aliphatic rings. The van der Waals surface area contributed by atoms with Gasteiger partial charge in [0.25, 0.3) is 0 Å². The number of nitrogens with one attached hydrogen (secondary N) is 2. The van der Waals surface area contributed by atoms with Crippen molar-refractivity contribution in [3.8, 4) is 5.88 Å². The van der Waals surface area contributed by atoms with Gasteiger partial charge < -0.3 is 15.4 Å². The zero-order chi connectivity index (χ0) is 15.5. The quantitative estimate of drug-likeness (QED) is 0.877. The van der Waals surface area contributed by atoms with Crippen LogP contribution in [0.5, 0.6) is 5.88 Å². The summed E-state index contributed by atoms with van der Waals surface area (Å²) in [4.78, 5) is 12.6. The van der Waals surface area contributed by atoms with Gasteiger partial charge in [0.1, 0.15) is 0 Å². The lowest BCUT2D eigenvalue weighted by molar-refractivity contribution is -0.126. The van der Waals surface area contributed by atoms with E-state index in [4.69, 9.17) is 4.74 Å². The Bertz CT molecular complexity index is 526. The van der Waals surface area contributed by atoms with Crippen molar-refractivity contribution in [3.05, 3.63) is 11.8 Å². The standard InChI is InChI=1S/C16H26N4O2/c1-20-10-12(16(19-20)22-2)9-18-15(21)14-13-6-4-3-5-11(13)7-8-17-14/h10-11,13-14,17H,3-9H2,1-2H3,(H,18,21). The maximum Gasteiger partial charge on any atom is 0.237 e. The number of piperidine rings is 1. The minimum atomic E-state index is -0.0401. The first-order chi connectivity index (χ1) is 10.7. The Labute approximate surface area is 131 Å². The fraction of sp³-hybridized carbons (Fsp3) is 0.750. The van der Waals surface area contributed by atoms with Gasteiger partial charge in [0, 0.05) is 19.8 Å². The van der Waals surface area contributed by atoms with E-state index in [2.05, 4.69) is 15.7 Å². The van der Waals surface area contributed by atoms with E-state index in [1.807, 2.05) is 13.2 Å². The molecule has 6 heteroatoms. The summed E-state index contributed by atoms with van der Waals surface area (Å²) < 4.78 is 6.94. The molecule has 1 aromatic heterocycles. The lowest BCUT2D eigenvalue weighted by atomic mass is 9.71. The average Bonchev–Trinajstić information content (AvgIpc) is 2.92. The lowest BCUT2D eigenvalue weighted by Crippen LogP contribution is -2.55. The normalized spacial score (nSPS) is 28.0. The van der Waals surface area contributed by atoms with Crippen molar-refractivity contribution in [1.82, 2.24) is 20.4 Å². The highest BCUT2D eigenvalue weighted by atomic mass is 16.5. The molecule has 1 saturated heterocycles. The number of carbonyl (C=O) groups is 1. The Hall–Kier alpha value is -1.56. The second-order valence-electron chi connectivity index (χ2n) is 6.48. The smallest absolute Gasteiger partial charge is 0.237 e. The molecule has 1 aromatic rings. The van der Waals surface area contributed by atoms with Gasteiger partial charge in [-0.2, -0.15) is 0 Å². The summed E-state index contributed by atoms with van der Waals surface area (Å²) in [6.07, 6.45) is 8.13. The molecule has 3 unspecified atom stereocenters. The number of amides is 1. The Kier molecular flexibility index (Phi) is 4.66. The van der Waals surface area contributed by atoms with Crippen LogP contribution < -0.4 is 15.4 Å². The van der Waals surface area contributed by atoms with Crippen LogP contribution in [0.25, 0.3) is 0 Å². The molecule has 3 rings (SSSR count). The van der Waals surface area contributed by atoms with E-state index in [9.17, 15) is 4.79 Å². The highest BCUT2D eigenvalue weighted by Crippen LogP contribution is 2.36. The summed E-state index contributed by atoms with van der Waals surface area (Å²) in [6.45, 7) is 1.42. The molecule has 122 valence electrons. The van der Waals surface area contributed by atoms with Crippen molar-refractivity contribution in [2.75, 3.05) is 13.7 Å². The number of rotatable bonds is 4. The van der Waals surface area contributed by atoms with Crippen LogP contribution in [-0.4, -0.2) is 35.4 Å². The summed E-state index contributed by atoms with van der Waals surface area (Å²) in [5.74, 6) is 1.91. The van der Waals surface area contributed by atoms with Crippen LogP contribution in [0, 0.1) is 11.8 Å². The first-order valence-electron chi connectivity index (χ1n) is 8.26. The van der Waals surface area contributed by atoms with Crippen LogP contribution in [-0.2, 0) is 18.4 Å². The number of nitrogens with zero attached hydrogens (tertiary/aromatic N) is 2. The van der Waals surface area contributed by atoms with Gasteiger partial charge in [-0.3, -0.25) is 9.48 Å². The van der Waals surface area contributed by atoms with Crippen molar-refractivity contribution >= 4 is 5.91 Å². The van der Waals surface area contributed by atoms with Gasteiger partial charge >= 0.3 is 0 Å². The van der Waals surface area contributed by atoms with Gasteiger partial charge in [0.15, 0.2) is 0 Å². The van der Waals surface area contributed by atoms with Crippen LogP contribution in [0.15, 0.2) is 6.20 Å². The lowest BCUT2D eigenvalue weighted by Gasteiger charge is -2.41. The summed E-state index contributed by atoms with van der Waals surface area (Å²) in [5, 5.41) is 10.7. The van der Waals surface area contributed by atoms with Crippen LogP contribution >= 0.6 is 0 Å². The molecule has 0 spiro atoms. The number of aromatic nitrogens is 2. The van der Waals surface area contributed by atoms with E-state index in [0.717, 1.165) is 18.0 Å². The van der Waals surface area contributed by atoms with E-state index in [0.29, 0.717) is 18.3 Å². The zero-order valence-corrected chi connectivity index (χ0v) is 13.5. The monoisotopic (exact) mass is 306 g/mol. The van der Waals surface area contributed by atoms with Gasteiger partial charge in [-0.05, 0) is 31.2 Å². The van der Waals surface area contributed by atoms with Crippen molar-refractivity contribution < 1.29 is 9.53 Å². The van der Waals surface area contributed by atoms with E-state index in [-0.39, 0.29) is 11.9 Å². The van der Waals surface area contributed by atoms with Crippen LogP contribution in [0.3, 0.4) is 0 Å². The number of hydrogen-bond donors (Lipinski definition) is 2. The van der Waals surface area contributed by atoms with Crippen LogP contribution in [0.4, 0.5) is 0 Å². The van der Waals surface area contributed by atoms with Crippen molar-refractivity contribution in [2.45, 2.75) is 44.7 Å². The van der Waals surface area contributed by atoms with Gasteiger partial charge in [-0.25, -0.2) is 0 Å². The average molecular weight is 306 g/mol. The molecule has 1 amide bonds. The highest BCUT2D eigenvalue weighted by molar-refractivity contribution is 5.82. The molecule has 2 fully saturated rings. The molecule has 0 aromatic carbocycles. The van der Waals surface area contributed by atoms with Gasteiger partial charge in [0.2, 0.25) is 11.8 Å². The number of hydrogen-bond acceptors (Lipinski definition) is 4. The van der Waals surface area contributed by atoms with Gasteiger partial charge in [0.05, 0.1) is 18.7 Å². The van der Waals surface area contributed by atoms with Crippen molar-refractivity contribution in [2.24, 2.45) is 18.9 Å². The summed E-state index contributed by atoms with van der Waals surface area (Å²) in [5.41, 5.74) is 0.911. The number of ether oxygens (including phenoxy) is 1. The highest BCUT2D eigenvalue weighted by Gasteiger charge is 2.38. The summed E-state index contributed by atoms with van der Waals surface area (Å²) in [7, 11) is 3.45. The largest absolute Gasteiger partial charge is 0.480 e. The predicted molar refractivity (Wildman–Crippen MR) is 83.5 cm³/mol. The Morgan fingerprint density at radius 3 is 3.09 bits per heavy atom. The van der Waals surface area contributed by atoms with Gasteiger partial charge in [-0.15, -0.1) is 5.10 Å². The molecule has 6 nitrogen and oxygen atoms in total. The number of methoxy groups -OCH3 is 1. The Morgan fingerprint density at radius 1 is 1.45 bits per heavy atom. The molecule has 22 heavy (non-hydrogen) atoms. The first-order valence-corrected chi connectivity index (χ1v) is 8.26. The second kappa shape index (κ2) is 6.69. The fourth-order valence-electron chi connectivity index (χ4n) is 4.00. The molecule has 1 aliphatic carbocycles. The molecule has 2 heterocycles. The molecule has 0 bridgehead atoms. The summed E-state index contributed by atoms with van der Waals surface area (Å²) >= 11 is 0. The maximum atomic E-state index is 12.6. The van der Waals surface area contributed by atoms with E-state index in [1.165, 1.54) is 32.1 Å². The molecular weight excluding hydrogens is 280 g/mol. The molecule has 1 saturated carbocycles. The third kappa shape index (κ3) is 3.11. The second-order valence-corrected chi connectivity index (χ2v) is 6.48. The number of aryl methyl sites for hydroxylation is 1. The van der Waals surface area contributed by atoms with E-state index < -0.39 is 0 Å². The Morgan fingerprint density at radius 2 is 2.27 bits per heavy atom. The zero-order valence-electron chi connectivity index (χ0n) is 13.5. The third-order valence-corrected chi connectivity index (χ3v) is 5.07. The minimum Gasteiger partial charge on any atom is -0.480 e. The molecule has 0 radical (unpaired) electrons. The third-order valence-electron chi connectivity index (χ3n) is 5.07. The maximum absolute atomic E-state index is 12.6. The van der Waals surface area contributed by atoms with E-state index >= 15 is 0 Å². The predicted octanol–water partition coefficient (Wildman–Crippen LogP) is 1.21. The Balaban J connectivity index is 1.61. The van der Waals surface area contributed by atoms with Gasteiger partial charge in [-0.1, -0.05) is 19.3 Å². The molecule has 2 N–H and O–H groups in total. The summed E-state index contributed by atoms with van der Waals surface area (Å²) in [6, 6.07) is -0.0401. The topological polar surface area (TPSA) is 68.2 Å². The SMILES string of the molecule is COc1nn(C)cc1CNC(=O)C1NCCC2CCCCC21. The number of carbonyl (C=O) groups excluding carboxylic acids is 1. The van der Waals surface area contributed by atoms with E-state index in [1.54, 1.807) is 11.8 Å². The fourth-order valence-corrected chi connectivity index (χ4v) is 4.00. The first kappa shape index (κ1) is 15.3. The molecule has 1 aliphatic heterocycles. The van der Waals surface area contributed by atoms with Crippen LogP contribution in [0.2, 0.25) is 0 Å². The van der Waals surface area contributed by atoms with Crippen LogP contribution in [0.1, 0.15) is 37.7 Å². The molecule has 3 atom stereocenters. The molecular formula is C16H26N4O2. The number of fused-ring (bicyclic) bond motifs is 1.